The molecule has 0 atom stereocenters. The number of nitrogens with one attached hydrogen (secondary N) is 1. The van der Waals surface area contributed by atoms with Crippen LogP contribution in [0.1, 0.15) is 6.92 Å². The van der Waals surface area contributed by atoms with Crippen LogP contribution in [0, 0.1) is 0 Å². The van der Waals surface area contributed by atoms with Crippen molar-refractivity contribution in [2.45, 2.75) is 11.3 Å². The lowest BCUT2D eigenvalue weighted by Gasteiger charge is -1.98. The molecule has 0 aliphatic carbocycles. The molecule has 3 rings (SSSR count). The summed E-state index contributed by atoms with van der Waals surface area (Å²) >= 11 is 0.900. The average Bonchev–Trinajstić information content (AvgIpc) is 2.96. The summed E-state index contributed by atoms with van der Waals surface area (Å²) in [5, 5.41) is 3.95. The van der Waals surface area contributed by atoms with Crippen molar-refractivity contribution in [2.75, 3.05) is 0 Å². The van der Waals surface area contributed by atoms with Crippen molar-refractivity contribution in [3.05, 3.63) is 36.5 Å². The largest absolute Gasteiger partial charge is 0.293 e. The van der Waals surface area contributed by atoms with Crippen LogP contribution < -0.4 is 4.72 Å². The number of nitrogens with zero attached hydrogens (tertiary/aromatic N) is 3. The molecule has 0 saturated heterocycles. The number of amides is 1. The number of rotatable bonds is 3. The molecule has 21 heavy (non-hydrogen) atoms. The highest BCUT2D eigenvalue weighted by Gasteiger charge is 2.22. The maximum Gasteiger partial charge on any atom is 0.293 e. The first kappa shape index (κ1) is 13.7. The number of aromatic nitrogens is 3. The minimum atomic E-state index is -3.92. The summed E-state index contributed by atoms with van der Waals surface area (Å²) in [6.45, 7) is 1.13. The Morgan fingerprint density at radius 2 is 2.00 bits per heavy atom. The Hall–Kier alpha value is -2.26. The summed E-state index contributed by atoms with van der Waals surface area (Å²) in [6, 6.07) is 9.49. The summed E-state index contributed by atoms with van der Waals surface area (Å²) in [7, 11) is -3.92. The van der Waals surface area contributed by atoms with Gasteiger partial charge < -0.3 is 0 Å². The van der Waals surface area contributed by atoms with Gasteiger partial charge in [0.25, 0.3) is 14.4 Å². The van der Waals surface area contributed by atoms with E-state index >= 15 is 0 Å². The van der Waals surface area contributed by atoms with E-state index in [9.17, 15) is 13.2 Å². The van der Waals surface area contributed by atoms with Crippen LogP contribution >= 0.6 is 11.3 Å². The summed E-state index contributed by atoms with van der Waals surface area (Å²) in [6.07, 6.45) is 1.65. The van der Waals surface area contributed by atoms with E-state index in [0.29, 0.717) is 10.7 Å². The van der Waals surface area contributed by atoms with Gasteiger partial charge in [-0.3, -0.25) is 4.79 Å². The smallest absolute Gasteiger partial charge is 0.274 e. The van der Waals surface area contributed by atoms with Crippen LogP contribution in [0.25, 0.3) is 16.2 Å². The second-order valence-electron chi connectivity index (χ2n) is 4.25. The van der Waals surface area contributed by atoms with Crippen molar-refractivity contribution >= 4 is 32.2 Å². The summed E-state index contributed by atoms with van der Waals surface area (Å²) in [5.74, 6) is -0.659. The predicted molar refractivity (Wildman–Crippen MR) is 77.3 cm³/mol. The molecule has 2 aromatic heterocycles. The molecule has 3 aromatic rings. The number of sulfonamides is 1. The number of carbonyl (C=O) groups is 1. The first-order valence-electron chi connectivity index (χ1n) is 5.91. The standard InChI is InChI=1S/C12H10N4O3S2/c1-8(17)15-21(18,19)12-14-16-7-10(13-11(16)20-12)9-5-3-2-4-6-9/h2-7H,1H3,(H,15,17). The third-order valence-electron chi connectivity index (χ3n) is 2.60. The molecule has 0 radical (unpaired) electrons. The molecule has 0 fully saturated rings. The third kappa shape index (κ3) is 2.65. The molecule has 7 nitrogen and oxygen atoms in total. The Morgan fingerprint density at radius 3 is 2.62 bits per heavy atom. The van der Waals surface area contributed by atoms with Gasteiger partial charge in [0, 0.05) is 12.5 Å². The van der Waals surface area contributed by atoms with E-state index in [4.69, 9.17) is 0 Å². The van der Waals surface area contributed by atoms with Crippen LogP contribution in [-0.2, 0) is 14.8 Å². The Labute approximate surface area is 124 Å². The van der Waals surface area contributed by atoms with Gasteiger partial charge in [0.1, 0.15) is 0 Å². The van der Waals surface area contributed by atoms with Gasteiger partial charge in [0.05, 0.1) is 11.9 Å². The molecule has 0 bridgehead atoms. The molecule has 0 saturated carbocycles. The lowest BCUT2D eigenvalue weighted by atomic mass is 10.2. The molecular formula is C12H10N4O3S2. The number of imidazole rings is 1. The quantitative estimate of drug-likeness (QED) is 0.784. The predicted octanol–water partition coefficient (Wildman–Crippen LogP) is 1.28. The van der Waals surface area contributed by atoms with E-state index in [0.717, 1.165) is 23.8 Å². The maximum atomic E-state index is 11.8. The van der Waals surface area contributed by atoms with Gasteiger partial charge in [0.2, 0.25) is 10.9 Å². The number of fused-ring (bicyclic) bond motifs is 1. The third-order valence-corrected chi connectivity index (χ3v) is 5.33. The molecule has 1 aromatic carbocycles. The summed E-state index contributed by atoms with van der Waals surface area (Å²) < 4.78 is 26.7. The average molecular weight is 322 g/mol. The molecular weight excluding hydrogens is 312 g/mol. The normalized spacial score (nSPS) is 11.7. The first-order valence-corrected chi connectivity index (χ1v) is 8.21. The zero-order valence-corrected chi connectivity index (χ0v) is 12.5. The van der Waals surface area contributed by atoms with Gasteiger partial charge in [-0.2, -0.15) is 8.42 Å². The molecule has 0 spiro atoms. The molecule has 2 heterocycles. The molecule has 0 unspecified atom stereocenters. The Morgan fingerprint density at radius 1 is 1.29 bits per heavy atom. The first-order chi connectivity index (χ1) is 9.95. The lowest BCUT2D eigenvalue weighted by molar-refractivity contribution is -0.117. The van der Waals surface area contributed by atoms with Crippen molar-refractivity contribution in [3.63, 3.8) is 0 Å². The Balaban J connectivity index is 2.01. The van der Waals surface area contributed by atoms with E-state index in [1.54, 1.807) is 6.20 Å². The van der Waals surface area contributed by atoms with E-state index < -0.39 is 15.9 Å². The number of hydrogen-bond acceptors (Lipinski definition) is 6. The Kier molecular flexibility index (Phi) is 3.22. The van der Waals surface area contributed by atoms with Crippen LogP contribution in [0.4, 0.5) is 0 Å². The van der Waals surface area contributed by atoms with Crippen molar-refractivity contribution < 1.29 is 13.2 Å². The molecule has 1 N–H and O–H groups in total. The lowest BCUT2D eigenvalue weighted by Crippen LogP contribution is -2.28. The monoisotopic (exact) mass is 322 g/mol. The van der Waals surface area contributed by atoms with Gasteiger partial charge in [-0.25, -0.2) is 14.2 Å². The van der Waals surface area contributed by atoms with Gasteiger partial charge in [-0.15, -0.1) is 5.10 Å². The van der Waals surface area contributed by atoms with Crippen molar-refractivity contribution in [3.8, 4) is 11.3 Å². The van der Waals surface area contributed by atoms with Crippen LogP contribution in [0.2, 0.25) is 0 Å². The maximum absolute atomic E-state index is 11.8. The molecule has 108 valence electrons. The fourth-order valence-corrected chi connectivity index (χ4v) is 3.84. The van der Waals surface area contributed by atoms with Gasteiger partial charge in [-0.05, 0) is 0 Å². The van der Waals surface area contributed by atoms with Crippen LogP contribution in [0.5, 0.6) is 0 Å². The van der Waals surface area contributed by atoms with Gasteiger partial charge in [0.15, 0.2) is 0 Å². The zero-order valence-electron chi connectivity index (χ0n) is 10.8. The number of carbonyl (C=O) groups excluding carboxylic acids is 1. The fraction of sp³-hybridized carbons (Fsp3) is 0.0833. The van der Waals surface area contributed by atoms with Crippen LogP contribution in [0.3, 0.4) is 0 Å². The fourth-order valence-electron chi connectivity index (χ4n) is 1.77. The van der Waals surface area contributed by atoms with Crippen LogP contribution in [-0.4, -0.2) is 28.9 Å². The highest BCUT2D eigenvalue weighted by atomic mass is 32.2. The van der Waals surface area contributed by atoms with Crippen molar-refractivity contribution in [1.82, 2.24) is 19.3 Å². The SMILES string of the molecule is CC(=O)NS(=O)(=O)c1nn2cc(-c3ccccc3)nc2s1. The topological polar surface area (TPSA) is 93.4 Å². The Bertz CT molecular complexity index is 881. The van der Waals surface area contributed by atoms with E-state index in [1.807, 2.05) is 35.1 Å². The van der Waals surface area contributed by atoms with E-state index in [1.165, 1.54) is 4.52 Å². The highest BCUT2D eigenvalue weighted by molar-refractivity contribution is 7.92. The molecule has 9 heteroatoms. The van der Waals surface area contributed by atoms with Gasteiger partial charge >= 0.3 is 0 Å². The minimum absolute atomic E-state index is 0.195. The molecule has 1 amide bonds. The zero-order chi connectivity index (χ0) is 15.0. The minimum Gasteiger partial charge on any atom is -0.274 e. The number of hydrogen-bond donors (Lipinski definition) is 1. The highest BCUT2D eigenvalue weighted by Crippen LogP contribution is 2.23. The van der Waals surface area contributed by atoms with E-state index in [2.05, 4.69) is 10.1 Å². The second kappa shape index (κ2) is 4.93. The summed E-state index contributed by atoms with van der Waals surface area (Å²) in [5.41, 5.74) is 1.62. The molecule has 0 aliphatic rings. The second-order valence-corrected chi connectivity index (χ2v) is 7.06. The van der Waals surface area contributed by atoms with Crippen molar-refractivity contribution in [2.24, 2.45) is 0 Å². The van der Waals surface area contributed by atoms with E-state index in [-0.39, 0.29) is 4.34 Å². The van der Waals surface area contributed by atoms with Crippen LogP contribution in [0.15, 0.2) is 40.9 Å². The molecule has 0 aliphatic heterocycles. The number of benzene rings is 1. The van der Waals surface area contributed by atoms with Crippen molar-refractivity contribution in [1.29, 1.82) is 0 Å². The summed E-state index contributed by atoms with van der Waals surface area (Å²) in [4.78, 5) is 15.7. The van der Waals surface area contributed by atoms with Gasteiger partial charge in [-0.1, -0.05) is 41.7 Å².